The van der Waals surface area contributed by atoms with Crippen molar-refractivity contribution in [2.75, 3.05) is 26.7 Å². The van der Waals surface area contributed by atoms with Gasteiger partial charge in [-0.1, -0.05) is 12.1 Å². The molecular formula is C17H27N3O3. The van der Waals surface area contributed by atoms with E-state index in [1.807, 2.05) is 38.1 Å². The molecule has 0 fully saturated rings. The molecule has 0 aliphatic rings. The van der Waals surface area contributed by atoms with E-state index in [1.165, 1.54) is 0 Å². The van der Waals surface area contributed by atoms with Crippen LogP contribution in [-0.2, 0) is 11.3 Å². The molecule has 0 spiro atoms. The Bertz CT molecular complexity index is 502. The first-order valence-corrected chi connectivity index (χ1v) is 8.03. The summed E-state index contributed by atoms with van der Waals surface area (Å²) < 4.78 is 5.14. The number of methoxy groups -OCH3 is 1. The third kappa shape index (κ3) is 7.04. The lowest BCUT2D eigenvalue weighted by molar-refractivity contribution is -0.130. The standard InChI is InChI=1S/C17H27N3O3/c1-4-20(5-2)16(21)10-7-11-18-17(22)19-13-14-8-6-9-15(12-14)23-3/h6,8-9,12H,4-5,7,10-11,13H2,1-3H3,(H2,18,19,22). The maximum absolute atomic E-state index is 11.8. The lowest BCUT2D eigenvalue weighted by Gasteiger charge is -2.18. The van der Waals surface area contributed by atoms with Gasteiger partial charge in [0.1, 0.15) is 5.75 Å². The van der Waals surface area contributed by atoms with Gasteiger partial charge in [-0.25, -0.2) is 4.79 Å². The van der Waals surface area contributed by atoms with Crippen molar-refractivity contribution in [1.29, 1.82) is 0 Å². The van der Waals surface area contributed by atoms with E-state index < -0.39 is 0 Å². The monoisotopic (exact) mass is 321 g/mol. The van der Waals surface area contributed by atoms with Crippen molar-refractivity contribution in [1.82, 2.24) is 15.5 Å². The molecule has 0 atom stereocenters. The second-order valence-corrected chi connectivity index (χ2v) is 5.13. The molecule has 0 aliphatic heterocycles. The van der Waals surface area contributed by atoms with E-state index in [0.29, 0.717) is 25.9 Å². The van der Waals surface area contributed by atoms with Crippen LogP contribution in [0.15, 0.2) is 24.3 Å². The number of nitrogens with one attached hydrogen (secondary N) is 2. The van der Waals surface area contributed by atoms with E-state index >= 15 is 0 Å². The smallest absolute Gasteiger partial charge is 0.315 e. The zero-order chi connectivity index (χ0) is 17.1. The topological polar surface area (TPSA) is 70.7 Å². The van der Waals surface area contributed by atoms with Gasteiger partial charge in [-0.15, -0.1) is 0 Å². The van der Waals surface area contributed by atoms with Crippen molar-refractivity contribution in [3.63, 3.8) is 0 Å². The van der Waals surface area contributed by atoms with Crippen molar-refractivity contribution in [2.45, 2.75) is 33.2 Å². The zero-order valence-corrected chi connectivity index (χ0v) is 14.2. The molecule has 0 aromatic heterocycles. The van der Waals surface area contributed by atoms with Gasteiger partial charge in [0.2, 0.25) is 5.91 Å². The van der Waals surface area contributed by atoms with Crippen LogP contribution < -0.4 is 15.4 Å². The molecule has 0 radical (unpaired) electrons. The predicted octanol–water partition coefficient (Wildman–Crippen LogP) is 2.14. The maximum atomic E-state index is 11.8. The van der Waals surface area contributed by atoms with Crippen LogP contribution in [0, 0.1) is 0 Å². The first-order valence-electron chi connectivity index (χ1n) is 8.03. The summed E-state index contributed by atoms with van der Waals surface area (Å²) >= 11 is 0. The van der Waals surface area contributed by atoms with Crippen molar-refractivity contribution in [3.05, 3.63) is 29.8 Å². The number of benzene rings is 1. The highest BCUT2D eigenvalue weighted by Gasteiger charge is 2.09. The lowest BCUT2D eigenvalue weighted by atomic mass is 10.2. The van der Waals surface area contributed by atoms with Crippen molar-refractivity contribution < 1.29 is 14.3 Å². The van der Waals surface area contributed by atoms with E-state index in [0.717, 1.165) is 24.4 Å². The van der Waals surface area contributed by atoms with Gasteiger partial charge in [-0.3, -0.25) is 4.79 Å². The molecule has 0 unspecified atom stereocenters. The zero-order valence-electron chi connectivity index (χ0n) is 14.2. The van der Waals surface area contributed by atoms with Gasteiger partial charge in [0.25, 0.3) is 0 Å². The van der Waals surface area contributed by atoms with E-state index in [-0.39, 0.29) is 11.9 Å². The quantitative estimate of drug-likeness (QED) is 0.685. The number of amides is 3. The molecule has 1 aromatic carbocycles. The number of rotatable bonds is 9. The van der Waals surface area contributed by atoms with Gasteiger partial charge in [0.05, 0.1) is 7.11 Å². The number of hydrogen-bond donors (Lipinski definition) is 2. The van der Waals surface area contributed by atoms with Gasteiger partial charge in [-0.05, 0) is 38.0 Å². The van der Waals surface area contributed by atoms with E-state index in [2.05, 4.69) is 10.6 Å². The highest BCUT2D eigenvalue weighted by molar-refractivity contribution is 5.76. The first-order chi connectivity index (χ1) is 11.1. The third-order valence-corrected chi connectivity index (χ3v) is 3.56. The fraction of sp³-hybridized carbons (Fsp3) is 0.529. The van der Waals surface area contributed by atoms with Gasteiger partial charge in [0, 0.05) is 32.6 Å². The Balaban J connectivity index is 2.20. The second kappa shape index (κ2) is 10.5. The molecule has 0 heterocycles. The van der Waals surface area contributed by atoms with Crippen molar-refractivity contribution in [2.24, 2.45) is 0 Å². The number of nitrogens with zero attached hydrogens (tertiary/aromatic N) is 1. The van der Waals surface area contributed by atoms with E-state index in [9.17, 15) is 9.59 Å². The van der Waals surface area contributed by atoms with Crippen LogP contribution >= 0.6 is 0 Å². The molecular weight excluding hydrogens is 294 g/mol. The number of hydrogen-bond acceptors (Lipinski definition) is 3. The van der Waals surface area contributed by atoms with Crippen LogP contribution in [0.1, 0.15) is 32.3 Å². The summed E-state index contributed by atoms with van der Waals surface area (Å²) in [4.78, 5) is 25.3. The van der Waals surface area contributed by atoms with Crippen LogP contribution in [0.3, 0.4) is 0 Å². The Labute approximate surface area is 138 Å². The molecule has 0 aliphatic carbocycles. The number of urea groups is 1. The molecule has 1 rings (SSSR count). The predicted molar refractivity (Wildman–Crippen MR) is 90.4 cm³/mol. The maximum Gasteiger partial charge on any atom is 0.315 e. The Hall–Kier alpha value is -2.24. The molecule has 23 heavy (non-hydrogen) atoms. The Morgan fingerprint density at radius 1 is 1.17 bits per heavy atom. The molecule has 1 aromatic rings. The van der Waals surface area contributed by atoms with Crippen LogP contribution in [0.5, 0.6) is 5.75 Å². The summed E-state index contributed by atoms with van der Waals surface area (Å²) in [6.07, 6.45) is 1.10. The number of carbonyl (C=O) groups is 2. The van der Waals surface area contributed by atoms with Crippen molar-refractivity contribution >= 4 is 11.9 Å². The van der Waals surface area contributed by atoms with Gasteiger partial charge >= 0.3 is 6.03 Å². The van der Waals surface area contributed by atoms with E-state index in [4.69, 9.17) is 4.74 Å². The fourth-order valence-electron chi connectivity index (χ4n) is 2.20. The largest absolute Gasteiger partial charge is 0.497 e. The molecule has 2 N–H and O–H groups in total. The molecule has 0 saturated heterocycles. The molecule has 128 valence electrons. The molecule has 6 nitrogen and oxygen atoms in total. The van der Waals surface area contributed by atoms with Crippen LogP contribution in [0.2, 0.25) is 0 Å². The second-order valence-electron chi connectivity index (χ2n) is 5.13. The molecule has 0 saturated carbocycles. The molecule has 6 heteroatoms. The minimum absolute atomic E-state index is 0.133. The first kappa shape index (κ1) is 18.8. The molecule has 0 bridgehead atoms. The Morgan fingerprint density at radius 3 is 2.57 bits per heavy atom. The van der Waals surface area contributed by atoms with Gasteiger partial charge in [0.15, 0.2) is 0 Å². The minimum Gasteiger partial charge on any atom is -0.497 e. The SMILES string of the molecule is CCN(CC)C(=O)CCCNC(=O)NCc1cccc(OC)c1. The highest BCUT2D eigenvalue weighted by Crippen LogP contribution is 2.11. The third-order valence-electron chi connectivity index (χ3n) is 3.56. The molecule has 3 amide bonds. The fourth-order valence-corrected chi connectivity index (χ4v) is 2.20. The summed E-state index contributed by atoms with van der Waals surface area (Å²) in [5.41, 5.74) is 0.969. The summed E-state index contributed by atoms with van der Waals surface area (Å²) in [5, 5.41) is 5.54. The normalized spacial score (nSPS) is 10.0. The summed E-state index contributed by atoms with van der Waals surface area (Å²) in [5.74, 6) is 0.896. The Morgan fingerprint density at radius 2 is 1.91 bits per heavy atom. The van der Waals surface area contributed by atoms with Crippen LogP contribution in [-0.4, -0.2) is 43.6 Å². The average molecular weight is 321 g/mol. The van der Waals surface area contributed by atoms with Gasteiger partial charge < -0.3 is 20.3 Å². The lowest BCUT2D eigenvalue weighted by Crippen LogP contribution is -2.36. The van der Waals surface area contributed by atoms with Crippen molar-refractivity contribution in [3.8, 4) is 5.75 Å². The van der Waals surface area contributed by atoms with Gasteiger partial charge in [-0.2, -0.15) is 0 Å². The summed E-state index contributed by atoms with van der Waals surface area (Å²) in [6.45, 7) is 6.29. The minimum atomic E-state index is -0.233. The van der Waals surface area contributed by atoms with E-state index in [1.54, 1.807) is 12.0 Å². The number of ether oxygens (including phenoxy) is 1. The average Bonchev–Trinajstić information content (AvgIpc) is 2.58. The highest BCUT2D eigenvalue weighted by atomic mass is 16.5. The summed E-state index contributed by atoms with van der Waals surface area (Å²) in [7, 11) is 1.61. The van der Waals surface area contributed by atoms with Crippen LogP contribution in [0.25, 0.3) is 0 Å². The Kier molecular flexibility index (Phi) is 8.57. The van der Waals surface area contributed by atoms with Crippen LogP contribution in [0.4, 0.5) is 4.79 Å². The number of carbonyl (C=O) groups excluding carboxylic acids is 2. The summed E-state index contributed by atoms with van der Waals surface area (Å²) in [6, 6.07) is 7.31.